The van der Waals surface area contributed by atoms with E-state index in [9.17, 15) is 0 Å². The van der Waals surface area contributed by atoms with Crippen LogP contribution in [0.15, 0.2) is 54.6 Å². The van der Waals surface area contributed by atoms with Crippen LogP contribution in [0.25, 0.3) is 0 Å². The zero-order chi connectivity index (χ0) is 12.8. The lowest BCUT2D eigenvalue weighted by molar-refractivity contribution is 0.587. The van der Waals surface area contributed by atoms with E-state index in [1.165, 1.54) is 17.7 Å². The van der Waals surface area contributed by atoms with Gasteiger partial charge in [-0.2, -0.15) is 0 Å². The van der Waals surface area contributed by atoms with E-state index in [0.717, 1.165) is 18.0 Å². The fraction of sp³-hybridized carbons (Fsp3) is 0.294. The molecule has 94 valence electrons. The van der Waals surface area contributed by atoms with Crippen LogP contribution in [0.3, 0.4) is 0 Å². The standard InChI is InChI=1S/C17H21N/c1-14(2)11-12-15-7-6-10-17(13-15)18-16-8-4-3-5-9-16/h3-10,13-14,18H,11-12H2,1-2H3. The van der Waals surface area contributed by atoms with Gasteiger partial charge in [-0.05, 0) is 48.6 Å². The molecule has 0 radical (unpaired) electrons. The van der Waals surface area contributed by atoms with Gasteiger partial charge in [0.15, 0.2) is 0 Å². The van der Waals surface area contributed by atoms with Crippen molar-refractivity contribution in [1.82, 2.24) is 0 Å². The predicted octanol–water partition coefficient (Wildman–Crippen LogP) is 5.02. The van der Waals surface area contributed by atoms with Gasteiger partial charge in [-0.25, -0.2) is 0 Å². The van der Waals surface area contributed by atoms with Crippen LogP contribution in [0.2, 0.25) is 0 Å². The second-order valence-corrected chi connectivity index (χ2v) is 5.12. The second kappa shape index (κ2) is 6.25. The molecule has 0 saturated heterocycles. The smallest absolute Gasteiger partial charge is 0.0386 e. The molecule has 0 aliphatic rings. The Kier molecular flexibility index (Phi) is 4.40. The maximum Gasteiger partial charge on any atom is 0.0386 e. The summed E-state index contributed by atoms with van der Waals surface area (Å²) in [5.41, 5.74) is 3.71. The minimum atomic E-state index is 0.760. The molecule has 1 heteroatoms. The topological polar surface area (TPSA) is 12.0 Å². The first-order chi connectivity index (χ1) is 8.74. The van der Waals surface area contributed by atoms with Crippen LogP contribution in [0.5, 0.6) is 0 Å². The Bertz CT molecular complexity index is 474. The highest BCUT2D eigenvalue weighted by atomic mass is 14.9. The monoisotopic (exact) mass is 239 g/mol. The van der Waals surface area contributed by atoms with Crippen molar-refractivity contribution in [2.45, 2.75) is 26.7 Å². The predicted molar refractivity (Wildman–Crippen MR) is 79.3 cm³/mol. The normalized spacial score (nSPS) is 10.6. The largest absolute Gasteiger partial charge is 0.356 e. The lowest BCUT2D eigenvalue weighted by atomic mass is 10.0. The molecule has 0 aliphatic heterocycles. The number of anilines is 2. The van der Waals surface area contributed by atoms with Gasteiger partial charge >= 0.3 is 0 Å². The highest BCUT2D eigenvalue weighted by Crippen LogP contribution is 2.18. The van der Waals surface area contributed by atoms with Crippen LogP contribution in [0.1, 0.15) is 25.8 Å². The molecule has 2 aromatic rings. The maximum atomic E-state index is 3.43. The summed E-state index contributed by atoms with van der Waals surface area (Å²) in [6.07, 6.45) is 2.40. The number of para-hydroxylation sites is 1. The van der Waals surface area contributed by atoms with Crippen LogP contribution in [-0.2, 0) is 6.42 Å². The zero-order valence-corrected chi connectivity index (χ0v) is 11.2. The molecule has 0 aromatic heterocycles. The van der Waals surface area contributed by atoms with Crippen molar-refractivity contribution in [2.75, 3.05) is 5.32 Å². The first-order valence-electron chi connectivity index (χ1n) is 6.65. The third kappa shape index (κ3) is 3.92. The van der Waals surface area contributed by atoms with Crippen molar-refractivity contribution in [3.8, 4) is 0 Å². The Morgan fingerprint density at radius 1 is 0.889 bits per heavy atom. The lowest BCUT2D eigenvalue weighted by Crippen LogP contribution is -1.94. The molecule has 0 spiro atoms. The van der Waals surface area contributed by atoms with Gasteiger partial charge in [-0.15, -0.1) is 0 Å². The molecule has 0 amide bonds. The lowest BCUT2D eigenvalue weighted by Gasteiger charge is -2.09. The average molecular weight is 239 g/mol. The third-order valence-corrected chi connectivity index (χ3v) is 3.00. The van der Waals surface area contributed by atoms with Gasteiger partial charge in [0.05, 0.1) is 0 Å². The number of aryl methyl sites for hydroxylation is 1. The molecule has 2 rings (SSSR count). The number of rotatable bonds is 5. The highest BCUT2D eigenvalue weighted by molar-refractivity contribution is 5.59. The van der Waals surface area contributed by atoms with Crippen molar-refractivity contribution in [3.63, 3.8) is 0 Å². The van der Waals surface area contributed by atoms with Gasteiger partial charge in [-0.3, -0.25) is 0 Å². The minimum absolute atomic E-state index is 0.760. The molecule has 0 aliphatic carbocycles. The summed E-state index contributed by atoms with van der Waals surface area (Å²) >= 11 is 0. The van der Waals surface area contributed by atoms with E-state index in [4.69, 9.17) is 0 Å². The van der Waals surface area contributed by atoms with Crippen molar-refractivity contribution < 1.29 is 0 Å². The van der Waals surface area contributed by atoms with Crippen molar-refractivity contribution in [3.05, 3.63) is 60.2 Å². The Labute approximate surface area is 110 Å². The molecule has 2 aromatic carbocycles. The Morgan fingerprint density at radius 2 is 1.61 bits per heavy atom. The number of hydrogen-bond acceptors (Lipinski definition) is 1. The number of benzene rings is 2. The molecule has 0 atom stereocenters. The van der Waals surface area contributed by atoms with Crippen LogP contribution in [-0.4, -0.2) is 0 Å². The second-order valence-electron chi connectivity index (χ2n) is 5.12. The van der Waals surface area contributed by atoms with E-state index < -0.39 is 0 Å². The molecule has 1 N–H and O–H groups in total. The van der Waals surface area contributed by atoms with E-state index in [0.29, 0.717) is 0 Å². The van der Waals surface area contributed by atoms with E-state index in [-0.39, 0.29) is 0 Å². The molecule has 0 saturated carbocycles. The first-order valence-corrected chi connectivity index (χ1v) is 6.65. The van der Waals surface area contributed by atoms with Crippen molar-refractivity contribution in [2.24, 2.45) is 5.92 Å². The summed E-state index contributed by atoms with van der Waals surface area (Å²) < 4.78 is 0. The molecule has 0 heterocycles. The van der Waals surface area contributed by atoms with Crippen LogP contribution >= 0.6 is 0 Å². The van der Waals surface area contributed by atoms with Gasteiger partial charge in [0, 0.05) is 11.4 Å². The van der Waals surface area contributed by atoms with Crippen LogP contribution < -0.4 is 5.32 Å². The summed E-state index contributed by atoms with van der Waals surface area (Å²) in [6.45, 7) is 4.54. The summed E-state index contributed by atoms with van der Waals surface area (Å²) in [6, 6.07) is 19.0. The van der Waals surface area contributed by atoms with Gasteiger partial charge in [0.25, 0.3) is 0 Å². The minimum Gasteiger partial charge on any atom is -0.356 e. The molecule has 1 nitrogen and oxygen atoms in total. The molecule has 0 fully saturated rings. The van der Waals surface area contributed by atoms with E-state index >= 15 is 0 Å². The van der Waals surface area contributed by atoms with E-state index in [1.807, 2.05) is 18.2 Å². The van der Waals surface area contributed by atoms with Gasteiger partial charge in [0.1, 0.15) is 0 Å². The average Bonchev–Trinajstić information content (AvgIpc) is 2.38. The quantitative estimate of drug-likeness (QED) is 0.772. The first kappa shape index (κ1) is 12.7. The Balaban J connectivity index is 2.03. The summed E-state index contributed by atoms with van der Waals surface area (Å²) in [5.74, 6) is 0.760. The summed E-state index contributed by atoms with van der Waals surface area (Å²) in [4.78, 5) is 0. The third-order valence-electron chi connectivity index (χ3n) is 3.00. The van der Waals surface area contributed by atoms with Crippen molar-refractivity contribution >= 4 is 11.4 Å². The van der Waals surface area contributed by atoms with Crippen molar-refractivity contribution in [1.29, 1.82) is 0 Å². The van der Waals surface area contributed by atoms with E-state index in [2.05, 4.69) is 55.6 Å². The van der Waals surface area contributed by atoms with Crippen LogP contribution in [0.4, 0.5) is 11.4 Å². The highest BCUT2D eigenvalue weighted by Gasteiger charge is 1.99. The SMILES string of the molecule is CC(C)CCc1cccc(Nc2ccccc2)c1. The molecule has 0 unspecified atom stereocenters. The fourth-order valence-corrected chi connectivity index (χ4v) is 1.95. The van der Waals surface area contributed by atoms with Gasteiger partial charge in [0.2, 0.25) is 0 Å². The molecular weight excluding hydrogens is 218 g/mol. The Morgan fingerprint density at radius 3 is 2.33 bits per heavy atom. The number of hydrogen-bond donors (Lipinski definition) is 1. The van der Waals surface area contributed by atoms with Gasteiger partial charge in [-0.1, -0.05) is 44.2 Å². The fourth-order valence-electron chi connectivity index (χ4n) is 1.95. The van der Waals surface area contributed by atoms with E-state index in [1.54, 1.807) is 0 Å². The maximum absolute atomic E-state index is 3.43. The molecular formula is C17H21N. The number of nitrogens with one attached hydrogen (secondary N) is 1. The van der Waals surface area contributed by atoms with Gasteiger partial charge < -0.3 is 5.32 Å². The summed E-state index contributed by atoms with van der Waals surface area (Å²) in [7, 11) is 0. The zero-order valence-electron chi connectivity index (χ0n) is 11.2. The van der Waals surface area contributed by atoms with Crippen LogP contribution in [0, 0.1) is 5.92 Å². The Hall–Kier alpha value is -1.76. The molecule has 0 bridgehead atoms. The summed E-state index contributed by atoms with van der Waals surface area (Å²) in [5, 5.41) is 3.43. The molecule has 18 heavy (non-hydrogen) atoms.